The van der Waals surface area contributed by atoms with Crippen molar-refractivity contribution in [2.45, 2.75) is 30.0 Å². The standard InChI is InChI=1S/C20H24N2OS/c1-15-11-17(12-21)13-22(15)20(23)18-9-7-16(8-10-18)14-24-19-5-3-2-4-6-19/h2-10,15,17H,11-14,21H2,1H3. The normalized spacial score (nSPS) is 20.3. The van der Waals surface area contributed by atoms with Crippen molar-refractivity contribution in [2.24, 2.45) is 11.7 Å². The first-order valence-corrected chi connectivity index (χ1v) is 9.43. The number of amides is 1. The van der Waals surface area contributed by atoms with E-state index in [1.54, 1.807) is 0 Å². The minimum Gasteiger partial charge on any atom is -0.336 e. The summed E-state index contributed by atoms with van der Waals surface area (Å²) in [6.45, 7) is 3.55. The van der Waals surface area contributed by atoms with Crippen LogP contribution >= 0.6 is 11.8 Å². The number of hydrogen-bond donors (Lipinski definition) is 1. The summed E-state index contributed by atoms with van der Waals surface area (Å²) in [5, 5.41) is 0. The number of nitrogens with two attached hydrogens (primary N) is 1. The van der Waals surface area contributed by atoms with Gasteiger partial charge in [0.25, 0.3) is 5.91 Å². The summed E-state index contributed by atoms with van der Waals surface area (Å²) >= 11 is 1.81. The Hall–Kier alpha value is -1.78. The van der Waals surface area contributed by atoms with Gasteiger partial charge in [0.2, 0.25) is 0 Å². The van der Waals surface area contributed by atoms with Crippen LogP contribution in [0.3, 0.4) is 0 Å². The lowest BCUT2D eigenvalue weighted by Crippen LogP contribution is -2.34. The maximum atomic E-state index is 12.7. The Bertz CT molecular complexity index is 672. The zero-order chi connectivity index (χ0) is 16.9. The van der Waals surface area contributed by atoms with E-state index in [9.17, 15) is 4.79 Å². The lowest BCUT2D eigenvalue weighted by atomic mass is 10.1. The molecule has 1 saturated heterocycles. The summed E-state index contributed by atoms with van der Waals surface area (Å²) in [6, 6.07) is 18.7. The van der Waals surface area contributed by atoms with Gasteiger partial charge in [-0.3, -0.25) is 4.79 Å². The molecule has 0 aliphatic carbocycles. The van der Waals surface area contributed by atoms with Crippen LogP contribution in [0.25, 0.3) is 0 Å². The number of likely N-dealkylation sites (tertiary alicyclic amines) is 1. The van der Waals surface area contributed by atoms with E-state index < -0.39 is 0 Å². The van der Waals surface area contributed by atoms with Crippen molar-refractivity contribution in [3.05, 3.63) is 65.7 Å². The van der Waals surface area contributed by atoms with Gasteiger partial charge in [0.05, 0.1) is 0 Å². The molecule has 0 radical (unpaired) electrons. The Kier molecular flexibility index (Phi) is 5.59. The molecule has 1 aliphatic rings. The molecule has 2 N–H and O–H groups in total. The van der Waals surface area contributed by atoms with Crippen LogP contribution in [-0.4, -0.2) is 29.9 Å². The molecule has 24 heavy (non-hydrogen) atoms. The van der Waals surface area contributed by atoms with Gasteiger partial charge in [-0.05, 0) is 55.6 Å². The topological polar surface area (TPSA) is 46.3 Å². The Morgan fingerprint density at radius 3 is 2.50 bits per heavy atom. The van der Waals surface area contributed by atoms with E-state index in [1.807, 2.05) is 34.9 Å². The van der Waals surface area contributed by atoms with Crippen molar-refractivity contribution < 1.29 is 4.79 Å². The molecule has 0 aromatic heterocycles. The van der Waals surface area contributed by atoms with Crippen LogP contribution in [0.2, 0.25) is 0 Å². The van der Waals surface area contributed by atoms with E-state index in [0.717, 1.165) is 24.3 Å². The molecule has 0 bridgehead atoms. The Labute approximate surface area is 148 Å². The first-order valence-electron chi connectivity index (χ1n) is 8.45. The van der Waals surface area contributed by atoms with Crippen LogP contribution in [0.4, 0.5) is 0 Å². The molecular weight excluding hydrogens is 316 g/mol. The summed E-state index contributed by atoms with van der Waals surface area (Å²) in [7, 11) is 0. The van der Waals surface area contributed by atoms with Gasteiger partial charge in [0, 0.05) is 28.8 Å². The molecule has 2 aromatic carbocycles. The van der Waals surface area contributed by atoms with Gasteiger partial charge in [0.15, 0.2) is 0 Å². The SMILES string of the molecule is CC1CC(CN)CN1C(=O)c1ccc(CSc2ccccc2)cc1. The molecule has 1 amide bonds. The predicted molar refractivity (Wildman–Crippen MR) is 100 cm³/mol. The highest BCUT2D eigenvalue weighted by Crippen LogP contribution is 2.25. The Morgan fingerprint density at radius 1 is 1.17 bits per heavy atom. The average molecular weight is 340 g/mol. The van der Waals surface area contributed by atoms with Gasteiger partial charge in [-0.15, -0.1) is 11.8 Å². The Morgan fingerprint density at radius 2 is 1.88 bits per heavy atom. The molecule has 1 aliphatic heterocycles. The molecule has 0 spiro atoms. The maximum absolute atomic E-state index is 12.7. The van der Waals surface area contributed by atoms with E-state index in [2.05, 4.69) is 43.3 Å². The van der Waals surface area contributed by atoms with Crippen LogP contribution < -0.4 is 5.73 Å². The number of carbonyl (C=O) groups excluding carboxylic acids is 1. The average Bonchev–Trinajstić information content (AvgIpc) is 3.01. The first kappa shape index (κ1) is 17.1. The second kappa shape index (κ2) is 7.86. The molecule has 1 fully saturated rings. The number of hydrogen-bond acceptors (Lipinski definition) is 3. The van der Waals surface area contributed by atoms with Gasteiger partial charge < -0.3 is 10.6 Å². The highest BCUT2D eigenvalue weighted by molar-refractivity contribution is 7.98. The van der Waals surface area contributed by atoms with Gasteiger partial charge in [0.1, 0.15) is 0 Å². The monoisotopic (exact) mass is 340 g/mol. The summed E-state index contributed by atoms with van der Waals surface area (Å²) in [6.07, 6.45) is 1.01. The van der Waals surface area contributed by atoms with E-state index >= 15 is 0 Å². The Balaban J connectivity index is 1.61. The fourth-order valence-electron chi connectivity index (χ4n) is 3.19. The maximum Gasteiger partial charge on any atom is 0.254 e. The fourth-order valence-corrected chi connectivity index (χ4v) is 4.06. The van der Waals surface area contributed by atoms with Crippen molar-refractivity contribution in [1.82, 2.24) is 4.90 Å². The fraction of sp³-hybridized carbons (Fsp3) is 0.350. The summed E-state index contributed by atoms with van der Waals surface area (Å²) in [4.78, 5) is 15.9. The van der Waals surface area contributed by atoms with Gasteiger partial charge in [-0.25, -0.2) is 0 Å². The van der Waals surface area contributed by atoms with Crippen LogP contribution in [0.15, 0.2) is 59.5 Å². The first-order chi connectivity index (χ1) is 11.7. The number of carbonyl (C=O) groups is 1. The third-order valence-corrected chi connectivity index (χ3v) is 5.69. The van der Waals surface area contributed by atoms with Crippen LogP contribution in [0, 0.1) is 5.92 Å². The molecule has 2 atom stereocenters. The van der Waals surface area contributed by atoms with Gasteiger partial charge in [-0.2, -0.15) is 0 Å². The smallest absolute Gasteiger partial charge is 0.254 e. The highest BCUT2D eigenvalue weighted by atomic mass is 32.2. The predicted octanol–water partition coefficient (Wildman–Crippen LogP) is 3.79. The molecule has 0 saturated carbocycles. The van der Waals surface area contributed by atoms with Crippen molar-refractivity contribution in [3.63, 3.8) is 0 Å². The number of rotatable bonds is 5. The van der Waals surface area contributed by atoms with E-state index in [4.69, 9.17) is 5.73 Å². The zero-order valence-electron chi connectivity index (χ0n) is 14.0. The largest absolute Gasteiger partial charge is 0.336 e. The molecule has 4 heteroatoms. The minimum absolute atomic E-state index is 0.126. The summed E-state index contributed by atoms with van der Waals surface area (Å²) in [5.74, 6) is 1.47. The second-order valence-corrected chi connectivity index (χ2v) is 7.49. The molecule has 3 rings (SSSR count). The summed E-state index contributed by atoms with van der Waals surface area (Å²) < 4.78 is 0. The number of benzene rings is 2. The van der Waals surface area contributed by atoms with Crippen LogP contribution in [-0.2, 0) is 5.75 Å². The van der Waals surface area contributed by atoms with Crippen molar-refractivity contribution in [3.8, 4) is 0 Å². The number of nitrogens with zero attached hydrogens (tertiary/aromatic N) is 1. The van der Waals surface area contributed by atoms with E-state index in [0.29, 0.717) is 12.5 Å². The zero-order valence-corrected chi connectivity index (χ0v) is 14.8. The van der Waals surface area contributed by atoms with Crippen molar-refractivity contribution in [2.75, 3.05) is 13.1 Å². The highest BCUT2D eigenvalue weighted by Gasteiger charge is 2.31. The molecule has 2 aromatic rings. The van der Waals surface area contributed by atoms with Crippen molar-refractivity contribution in [1.29, 1.82) is 0 Å². The molecule has 2 unspecified atom stereocenters. The lowest BCUT2D eigenvalue weighted by Gasteiger charge is -2.21. The molecule has 1 heterocycles. The molecule has 126 valence electrons. The van der Waals surface area contributed by atoms with E-state index in [1.165, 1.54) is 10.5 Å². The van der Waals surface area contributed by atoms with Crippen LogP contribution in [0.5, 0.6) is 0 Å². The van der Waals surface area contributed by atoms with Crippen LogP contribution in [0.1, 0.15) is 29.3 Å². The second-order valence-electron chi connectivity index (χ2n) is 6.44. The van der Waals surface area contributed by atoms with E-state index in [-0.39, 0.29) is 11.9 Å². The quantitative estimate of drug-likeness (QED) is 0.843. The molecular formula is C20H24N2OS. The summed E-state index contributed by atoms with van der Waals surface area (Å²) in [5.41, 5.74) is 7.76. The number of thioether (sulfide) groups is 1. The van der Waals surface area contributed by atoms with Gasteiger partial charge in [-0.1, -0.05) is 30.3 Å². The molecule has 3 nitrogen and oxygen atoms in total. The minimum atomic E-state index is 0.126. The third kappa shape index (κ3) is 4.00. The lowest BCUT2D eigenvalue weighted by molar-refractivity contribution is 0.0743. The third-order valence-electron chi connectivity index (χ3n) is 4.61. The van der Waals surface area contributed by atoms with Crippen molar-refractivity contribution >= 4 is 17.7 Å². The van der Waals surface area contributed by atoms with Gasteiger partial charge >= 0.3 is 0 Å².